The molecule has 0 saturated heterocycles. The maximum absolute atomic E-state index is 12.1. The smallest absolute Gasteiger partial charge is 0.251 e. The highest BCUT2D eigenvalue weighted by Gasteiger charge is 2.09. The predicted molar refractivity (Wildman–Crippen MR) is 114 cm³/mol. The topological polar surface area (TPSA) is 79.7 Å². The van der Waals surface area contributed by atoms with Crippen molar-refractivity contribution in [1.82, 2.24) is 20.5 Å². The number of ether oxygens (including phenoxy) is 1. The highest BCUT2D eigenvalue weighted by atomic mass is 35.5. The Bertz CT molecular complexity index is 818. The van der Waals surface area contributed by atoms with E-state index >= 15 is 0 Å². The van der Waals surface area contributed by atoms with Gasteiger partial charge in [0.25, 0.3) is 5.91 Å². The highest BCUT2D eigenvalue weighted by Crippen LogP contribution is 2.25. The van der Waals surface area contributed by atoms with E-state index in [-0.39, 0.29) is 5.91 Å². The summed E-state index contributed by atoms with van der Waals surface area (Å²) in [4.78, 5) is 16.7. The van der Waals surface area contributed by atoms with Gasteiger partial charge in [0.2, 0.25) is 0 Å². The lowest BCUT2D eigenvalue weighted by atomic mass is 10.2. The molecule has 0 aliphatic rings. The normalized spacial score (nSPS) is 11.2. The molecule has 0 aliphatic heterocycles. The minimum absolute atomic E-state index is 0.139. The summed E-state index contributed by atoms with van der Waals surface area (Å²) in [6.45, 7) is 4.12. The lowest BCUT2D eigenvalue weighted by molar-refractivity contribution is 0.0954. The maximum atomic E-state index is 12.1. The molecular weight excluding hydrogens is 401 g/mol. The van der Waals surface area contributed by atoms with Crippen LogP contribution in [0, 0.1) is 0 Å². The molecule has 1 amide bonds. The molecule has 0 radical (unpaired) electrons. The minimum Gasteiger partial charge on any atom is -0.497 e. The average Bonchev–Trinajstić information content (AvgIpc) is 2.95. The number of nitrogens with zero attached hydrogens (tertiary/aromatic N) is 2. The van der Waals surface area contributed by atoms with Crippen LogP contribution in [0.15, 0.2) is 35.3 Å². The first-order valence-corrected chi connectivity index (χ1v) is 9.65. The summed E-state index contributed by atoms with van der Waals surface area (Å²) in [7, 11) is 3.43. The summed E-state index contributed by atoms with van der Waals surface area (Å²) in [5.41, 5.74) is 1.49. The lowest BCUT2D eigenvalue weighted by Crippen LogP contribution is -2.41. The third-order valence-electron chi connectivity index (χ3n) is 4.01. The number of guanidine groups is 1. The molecule has 0 fully saturated rings. The molecule has 0 bridgehead atoms. The first kappa shape index (κ1) is 21.9. The van der Waals surface area contributed by atoms with Crippen LogP contribution < -0.4 is 20.7 Å². The number of carbonyl (C=O) groups excluding carboxylic acids is 1. The van der Waals surface area contributed by atoms with Gasteiger partial charge in [-0.25, -0.2) is 4.99 Å². The number of hydrogen-bond acceptors (Lipinski definition) is 3. The Morgan fingerprint density at radius 1 is 1.14 bits per heavy atom. The Morgan fingerprint density at radius 2 is 1.82 bits per heavy atom. The van der Waals surface area contributed by atoms with Gasteiger partial charge in [-0.3, -0.25) is 4.79 Å². The number of nitrogens with one attached hydrogen (secondary N) is 3. The van der Waals surface area contributed by atoms with Crippen molar-refractivity contribution in [2.45, 2.75) is 13.5 Å². The second kappa shape index (κ2) is 10.8. The van der Waals surface area contributed by atoms with Crippen LogP contribution >= 0.6 is 23.2 Å². The highest BCUT2D eigenvalue weighted by molar-refractivity contribution is 6.41. The maximum Gasteiger partial charge on any atom is 0.251 e. The number of rotatable bonds is 8. The molecule has 0 aliphatic carbocycles. The third kappa shape index (κ3) is 6.07. The Hall–Kier alpha value is -2.38. The summed E-state index contributed by atoms with van der Waals surface area (Å²) in [6.07, 6.45) is 0. The van der Waals surface area contributed by atoms with Gasteiger partial charge in [-0.05, 0) is 37.3 Å². The van der Waals surface area contributed by atoms with Crippen LogP contribution in [-0.2, 0) is 13.6 Å². The van der Waals surface area contributed by atoms with Crippen LogP contribution in [0.2, 0.25) is 10.2 Å². The summed E-state index contributed by atoms with van der Waals surface area (Å²) >= 11 is 12.1. The van der Waals surface area contributed by atoms with E-state index in [4.69, 9.17) is 27.9 Å². The van der Waals surface area contributed by atoms with Gasteiger partial charge in [-0.2, -0.15) is 0 Å². The second-order valence-corrected chi connectivity index (χ2v) is 6.70. The van der Waals surface area contributed by atoms with Crippen molar-refractivity contribution >= 4 is 35.1 Å². The molecule has 1 aromatic heterocycles. The largest absolute Gasteiger partial charge is 0.497 e. The Kier molecular flexibility index (Phi) is 8.47. The van der Waals surface area contributed by atoms with Crippen molar-refractivity contribution in [2.24, 2.45) is 12.0 Å². The van der Waals surface area contributed by atoms with Gasteiger partial charge < -0.3 is 25.3 Å². The van der Waals surface area contributed by atoms with Crippen molar-refractivity contribution in [3.05, 3.63) is 51.8 Å². The minimum atomic E-state index is -0.139. The zero-order chi connectivity index (χ0) is 20.5. The van der Waals surface area contributed by atoms with Crippen molar-refractivity contribution in [1.29, 1.82) is 0 Å². The molecule has 1 heterocycles. The summed E-state index contributed by atoms with van der Waals surface area (Å²) in [6, 6.07) is 8.76. The van der Waals surface area contributed by atoms with E-state index in [0.717, 1.165) is 12.2 Å². The predicted octanol–water partition coefficient (Wildman–Crippen LogP) is 2.83. The van der Waals surface area contributed by atoms with E-state index in [9.17, 15) is 4.79 Å². The van der Waals surface area contributed by atoms with E-state index in [1.165, 1.54) is 0 Å². The van der Waals surface area contributed by atoms with Gasteiger partial charge in [-0.15, -0.1) is 0 Å². The third-order valence-corrected chi connectivity index (χ3v) is 4.86. The first-order chi connectivity index (χ1) is 13.5. The van der Waals surface area contributed by atoms with E-state index in [2.05, 4.69) is 20.9 Å². The van der Waals surface area contributed by atoms with Gasteiger partial charge in [0.1, 0.15) is 10.9 Å². The Labute approximate surface area is 175 Å². The Morgan fingerprint density at radius 3 is 2.39 bits per heavy atom. The number of halogens is 2. The Balaban J connectivity index is 1.83. The molecule has 2 aromatic rings. The van der Waals surface area contributed by atoms with E-state index in [0.29, 0.717) is 47.1 Å². The molecule has 2 rings (SSSR count). The van der Waals surface area contributed by atoms with Crippen LogP contribution in [0.1, 0.15) is 23.0 Å². The average molecular weight is 426 g/mol. The molecule has 0 saturated carbocycles. The second-order valence-electron chi connectivity index (χ2n) is 5.94. The van der Waals surface area contributed by atoms with Crippen LogP contribution in [0.4, 0.5) is 0 Å². The SMILES string of the molecule is CCNC(=NCc1cc(Cl)c(Cl)n1C)NCCNC(=O)c1ccc(OC)cc1. The van der Waals surface area contributed by atoms with Crippen LogP contribution in [-0.4, -0.2) is 43.2 Å². The number of hydrogen-bond donors (Lipinski definition) is 3. The van der Waals surface area contributed by atoms with E-state index in [1.807, 2.05) is 14.0 Å². The zero-order valence-electron chi connectivity index (χ0n) is 16.2. The standard InChI is InChI=1S/C19H25Cl2N5O2/c1-4-22-19(25-12-14-11-16(20)17(21)26(14)2)24-10-9-23-18(27)13-5-7-15(28-3)8-6-13/h5-8,11H,4,9-10,12H2,1-3H3,(H,23,27)(H2,22,24,25). The fourth-order valence-electron chi connectivity index (χ4n) is 2.44. The fraction of sp³-hybridized carbons (Fsp3) is 0.368. The summed E-state index contributed by atoms with van der Waals surface area (Å²) in [5.74, 6) is 1.22. The number of methoxy groups -OCH3 is 1. The molecule has 0 unspecified atom stereocenters. The molecular formula is C19H25Cl2N5O2. The number of aromatic nitrogens is 1. The molecule has 3 N–H and O–H groups in total. The zero-order valence-corrected chi connectivity index (χ0v) is 17.7. The first-order valence-electron chi connectivity index (χ1n) is 8.90. The molecule has 0 spiro atoms. The van der Waals surface area contributed by atoms with Gasteiger partial charge in [0, 0.05) is 37.9 Å². The number of benzene rings is 1. The molecule has 28 heavy (non-hydrogen) atoms. The van der Waals surface area contributed by atoms with Gasteiger partial charge in [0.15, 0.2) is 5.96 Å². The molecule has 0 atom stereocenters. The number of aliphatic imine (C=N–C) groups is 1. The molecule has 152 valence electrons. The van der Waals surface area contributed by atoms with Crippen LogP contribution in [0.25, 0.3) is 0 Å². The molecule has 7 nitrogen and oxygen atoms in total. The van der Waals surface area contributed by atoms with Crippen molar-refractivity contribution in [2.75, 3.05) is 26.7 Å². The van der Waals surface area contributed by atoms with Gasteiger partial charge >= 0.3 is 0 Å². The lowest BCUT2D eigenvalue weighted by Gasteiger charge is -2.12. The van der Waals surface area contributed by atoms with E-state index in [1.54, 1.807) is 42.0 Å². The van der Waals surface area contributed by atoms with E-state index < -0.39 is 0 Å². The van der Waals surface area contributed by atoms with Crippen molar-refractivity contribution in [3.63, 3.8) is 0 Å². The summed E-state index contributed by atoms with van der Waals surface area (Å²) < 4.78 is 6.89. The van der Waals surface area contributed by atoms with Gasteiger partial charge in [0.05, 0.1) is 18.7 Å². The number of carbonyl (C=O) groups is 1. The monoisotopic (exact) mass is 425 g/mol. The van der Waals surface area contributed by atoms with Crippen molar-refractivity contribution in [3.8, 4) is 5.75 Å². The summed E-state index contributed by atoms with van der Waals surface area (Å²) in [5, 5.41) is 10.2. The van der Waals surface area contributed by atoms with Gasteiger partial charge in [-0.1, -0.05) is 23.2 Å². The van der Waals surface area contributed by atoms with Crippen LogP contribution in [0.5, 0.6) is 5.75 Å². The molecule has 1 aromatic carbocycles. The number of amides is 1. The van der Waals surface area contributed by atoms with Crippen LogP contribution in [0.3, 0.4) is 0 Å². The van der Waals surface area contributed by atoms with Crippen molar-refractivity contribution < 1.29 is 9.53 Å². The quantitative estimate of drug-likeness (QED) is 0.345. The molecule has 9 heteroatoms. The fourth-order valence-corrected chi connectivity index (χ4v) is 2.86.